The van der Waals surface area contributed by atoms with E-state index in [2.05, 4.69) is 15.9 Å². The fraction of sp³-hybridized carbons (Fsp3) is 0.500. The Morgan fingerprint density at radius 3 is 2.71 bits per heavy atom. The summed E-state index contributed by atoms with van der Waals surface area (Å²) in [5.41, 5.74) is 5.45. The number of thiophene rings is 1. The molecule has 1 aromatic rings. The molecule has 0 atom stereocenters. The fourth-order valence-corrected chi connectivity index (χ4v) is 3.02. The first-order valence-corrected chi connectivity index (χ1v) is 6.25. The number of carbonyl (C=O) groups excluding carboxylic acids is 1. The molecule has 14 heavy (non-hydrogen) atoms. The summed E-state index contributed by atoms with van der Waals surface area (Å²) in [7, 11) is 0. The van der Waals surface area contributed by atoms with Crippen LogP contribution in [0.5, 0.6) is 0 Å². The van der Waals surface area contributed by atoms with Crippen LogP contribution in [0.15, 0.2) is 15.9 Å². The molecule has 1 aliphatic carbocycles. The van der Waals surface area contributed by atoms with Gasteiger partial charge in [-0.1, -0.05) is 0 Å². The van der Waals surface area contributed by atoms with E-state index in [9.17, 15) is 4.79 Å². The van der Waals surface area contributed by atoms with Gasteiger partial charge in [0.15, 0.2) is 0 Å². The molecular weight excluding hydrogens is 262 g/mol. The molecule has 1 aromatic heterocycles. The van der Waals surface area contributed by atoms with E-state index in [4.69, 9.17) is 5.73 Å². The van der Waals surface area contributed by atoms with E-state index in [-0.39, 0.29) is 5.41 Å². The zero-order valence-corrected chi connectivity index (χ0v) is 10.2. The van der Waals surface area contributed by atoms with Crippen LogP contribution in [0, 0.1) is 5.41 Å². The van der Waals surface area contributed by atoms with Gasteiger partial charge >= 0.3 is 0 Å². The van der Waals surface area contributed by atoms with Crippen LogP contribution in [0.4, 0.5) is 0 Å². The number of hydrogen-bond donors (Lipinski definition) is 1. The van der Waals surface area contributed by atoms with Crippen molar-refractivity contribution in [1.29, 1.82) is 0 Å². The second-order valence-electron chi connectivity index (χ2n) is 3.79. The van der Waals surface area contributed by atoms with Gasteiger partial charge in [0.25, 0.3) is 0 Å². The Kier molecular flexibility index (Phi) is 2.77. The van der Waals surface area contributed by atoms with Crippen LogP contribution in [-0.4, -0.2) is 12.3 Å². The van der Waals surface area contributed by atoms with Crippen molar-refractivity contribution in [2.45, 2.75) is 19.3 Å². The van der Waals surface area contributed by atoms with E-state index in [1.54, 1.807) is 11.3 Å². The minimum absolute atomic E-state index is 0.156. The van der Waals surface area contributed by atoms with E-state index in [0.29, 0.717) is 18.7 Å². The first-order chi connectivity index (χ1) is 6.66. The Labute approximate surface area is 95.6 Å². The SMILES string of the molecule is NCC1(C(=O)Cc2ccc(Br)s2)CC1. The van der Waals surface area contributed by atoms with Crippen LogP contribution in [0.3, 0.4) is 0 Å². The summed E-state index contributed by atoms with van der Waals surface area (Å²) in [6.07, 6.45) is 2.51. The fourth-order valence-electron chi connectivity index (χ4n) is 1.54. The smallest absolute Gasteiger partial charge is 0.145 e. The summed E-state index contributed by atoms with van der Waals surface area (Å²) in [5.74, 6) is 0.314. The molecular formula is C10H12BrNOS. The summed E-state index contributed by atoms with van der Waals surface area (Å²) in [6, 6.07) is 3.98. The zero-order chi connectivity index (χ0) is 10.2. The number of carbonyl (C=O) groups is 1. The first kappa shape index (κ1) is 10.3. The summed E-state index contributed by atoms with van der Waals surface area (Å²) in [6.45, 7) is 0.512. The van der Waals surface area contributed by atoms with Crippen molar-refractivity contribution in [2.24, 2.45) is 11.1 Å². The monoisotopic (exact) mass is 273 g/mol. The van der Waals surface area contributed by atoms with Crippen LogP contribution >= 0.6 is 27.3 Å². The van der Waals surface area contributed by atoms with Crippen molar-refractivity contribution in [3.05, 3.63) is 20.8 Å². The molecule has 0 spiro atoms. The molecule has 1 aliphatic rings. The maximum absolute atomic E-state index is 11.8. The lowest BCUT2D eigenvalue weighted by molar-refractivity contribution is -0.123. The maximum Gasteiger partial charge on any atom is 0.145 e. The number of Topliss-reactive ketones (excluding diaryl/α,β-unsaturated/α-hetero) is 1. The minimum Gasteiger partial charge on any atom is -0.329 e. The number of halogens is 1. The van der Waals surface area contributed by atoms with Gasteiger partial charge in [-0.25, -0.2) is 0 Å². The van der Waals surface area contributed by atoms with E-state index in [1.165, 1.54) is 0 Å². The highest BCUT2D eigenvalue weighted by molar-refractivity contribution is 9.11. The van der Waals surface area contributed by atoms with Gasteiger partial charge in [0.05, 0.1) is 3.79 Å². The first-order valence-electron chi connectivity index (χ1n) is 4.64. The Hall–Kier alpha value is -0.190. The van der Waals surface area contributed by atoms with E-state index in [1.807, 2.05) is 12.1 Å². The third-order valence-electron chi connectivity index (χ3n) is 2.80. The quantitative estimate of drug-likeness (QED) is 0.915. The molecule has 0 aromatic carbocycles. The minimum atomic E-state index is -0.156. The standard InChI is InChI=1S/C10H12BrNOS/c11-9-2-1-7(14-9)5-8(13)10(6-12)3-4-10/h1-2H,3-6,12H2. The van der Waals surface area contributed by atoms with E-state index < -0.39 is 0 Å². The highest BCUT2D eigenvalue weighted by atomic mass is 79.9. The molecule has 2 rings (SSSR count). The molecule has 76 valence electrons. The van der Waals surface area contributed by atoms with Crippen molar-refractivity contribution >= 4 is 33.0 Å². The normalized spacial score (nSPS) is 18.1. The molecule has 4 heteroatoms. The summed E-state index contributed by atoms with van der Waals surface area (Å²) in [5, 5.41) is 0. The third kappa shape index (κ3) is 1.92. The second kappa shape index (κ2) is 3.76. The van der Waals surface area contributed by atoms with Crippen LogP contribution in [0.2, 0.25) is 0 Å². The molecule has 0 amide bonds. The molecule has 0 aliphatic heterocycles. The van der Waals surface area contributed by atoms with Crippen molar-refractivity contribution < 1.29 is 4.79 Å². The Balaban J connectivity index is 2.01. The second-order valence-corrected chi connectivity index (χ2v) is 6.34. The lowest BCUT2D eigenvalue weighted by Gasteiger charge is -2.09. The van der Waals surface area contributed by atoms with Crippen LogP contribution < -0.4 is 5.73 Å². The maximum atomic E-state index is 11.8. The highest BCUT2D eigenvalue weighted by Gasteiger charge is 2.47. The van der Waals surface area contributed by atoms with Gasteiger partial charge in [0, 0.05) is 23.3 Å². The summed E-state index contributed by atoms with van der Waals surface area (Å²) >= 11 is 5.01. The molecule has 0 bridgehead atoms. The lowest BCUT2D eigenvalue weighted by atomic mass is 9.98. The van der Waals surface area contributed by atoms with Gasteiger partial charge in [0.2, 0.25) is 0 Å². The summed E-state index contributed by atoms with van der Waals surface area (Å²) < 4.78 is 1.08. The van der Waals surface area contributed by atoms with Crippen molar-refractivity contribution in [3.8, 4) is 0 Å². The molecule has 1 saturated carbocycles. The third-order valence-corrected chi connectivity index (χ3v) is 4.42. The Bertz CT molecular complexity index is 357. The molecule has 0 saturated heterocycles. The van der Waals surface area contributed by atoms with Gasteiger partial charge in [0.1, 0.15) is 5.78 Å². The Morgan fingerprint density at radius 1 is 1.57 bits per heavy atom. The average molecular weight is 274 g/mol. The average Bonchev–Trinajstić information content (AvgIpc) is 2.87. The van der Waals surface area contributed by atoms with Crippen molar-refractivity contribution in [1.82, 2.24) is 0 Å². The van der Waals surface area contributed by atoms with Gasteiger partial charge < -0.3 is 5.73 Å². The highest BCUT2D eigenvalue weighted by Crippen LogP contribution is 2.46. The summed E-state index contributed by atoms with van der Waals surface area (Å²) in [4.78, 5) is 13.0. The van der Waals surface area contributed by atoms with Gasteiger partial charge in [-0.2, -0.15) is 0 Å². The largest absolute Gasteiger partial charge is 0.329 e. The van der Waals surface area contributed by atoms with E-state index in [0.717, 1.165) is 21.5 Å². The van der Waals surface area contributed by atoms with Crippen molar-refractivity contribution in [3.63, 3.8) is 0 Å². The predicted octanol–water partition coefficient (Wildman–Crippen LogP) is 2.36. The van der Waals surface area contributed by atoms with Crippen LogP contribution in [-0.2, 0) is 11.2 Å². The number of ketones is 1. The molecule has 0 radical (unpaired) electrons. The molecule has 0 unspecified atom stereocenters. The van der Waals surface area contributed by atoms with Crippen LogP contribution in [0.1, 0.15) is 17.7 Å². The van der Waals surface area contributed by atoms with Crippen molar-refractivity contribution in [2.75, 3.05) is 6.54 Å². The van der Waals surface area contributed by atoms with Gasteiger partial charge in [-0.05, 0) is 40.9 Å². The molecule has 2 nitrogen and oxygen atoms in total. The predicted molar refractivity (Wildman–Crippen MR) is 61.5 cm³/mol. The van der Waals surface area contributed by atoms with Gasteiger partial charge in [-0.15, -0.1) is 11.3 Å². The Morgan fingerprint density at radius 2 is 2.29 bits per heavy atom. The molecule has 1 fully saturated rings. The topological polar surface area (TPSA) is 43.1 Å². The van der Waals surface area contributed by atoms with Crippen LogP contribution in [0.25, 0.3) is 0 Å². The number of nitrogens with two attached hydrogens (primary N) is 1. The van der Waals surface area contributed by atoms with Gasteiger partial charge in [-0.3, -0.25) is 4.79 Å². The van der Waals surface area contributed by atoms with E-state index >= 15 is 0 Å². The zero-order valence-electron chi connectivity index (χ0n) is 7.75. The number of hydrogen-bond acceptors (Lipinski definition) is 3. The lowest BCUT2D eigenvalue weighted by Crippen LogP contribution is -2.26. The number of rotatable bonds is 4. The molecule has 2 N–H and O–H groups in total. The molecule has 1 heterocycles.